The van der Waals surface area contributed by atoms with Gasteiger partial charge in [0.05, 0.1) is 0 Å². The molecule has 61 valence electrons. The topological polar surface area (TPSA) is 17.1 Å². The lowest BCUT2D eigenvalue weighted by atomic mass is 9.70. The highest BCUT2D eigenvalue weighted by atomic mass is 16.1. The minimum Gasteiger partial charge on any atom is -0.299 e. The van der Waals surface area contributed by atoms with Gasteiger partial charge >= 0.3 is 0 Å². The highest BCUT2D eigenvalue weighted by Crippen LogP contribution is 2.62. The van der Waals surface area contributed by atoms with Crippen molar-refractivity contribution in [1.82, 2.24) is 0 Å². The molecule has 0 spiro atoms. The molecule has 2 atom stereocenters. The van der Waals surface area contributed by atoms with E-state index >= 15 is 0 Å². The Bertz CT molecular complexity index is 217. The summed E-state index contributed by atoms with van der Waals surface area (Å²) in [5, 5.41) is 0. The summed E-state index contributed by atoms with van der Waals surface area (Å²) in [5.74, 6) is 0.943. The Hall–Kier alpha value is -0.330. The quantitative estimate of drug-likeness (QED) is 0.519. The average molecular weight is 151 g/mol. The number of carbonyl (C=O) groups excluding carboxylic acids is 1. The second-order valence-corrected chi connectivity index (χ2v) is 4.73. The smallest absolute Gasteiger partial charge is 0.143 e. The van der Waals surface area contributed by atoms with Gasteiger partial charge in [-0.2, -0.15) is 0 Å². The molecule has 2 rings (SSSR count). The largest absolute Gasteiger partial charge is 0.299 e. The summed E-state index contributed by atoms with van der Waals surface area (Å²) in [4.78, 5) is 11.5. The lowest BCUT2D eigenvalue weighted by molar-refractivity contribution is -0.125. The molecule has 0 aromatic rings. The third kappa shape index (κ3) is 0.605. The van der Waals surface area contributed by atoms with Crippen molar-refractivity contribution in [3.8, 4) is 0 Å². The normalized spacial score (nSPS) is 46.8. The second-order valence-electron chi connectivity index (χ2n) is 4.73. The third-order valence-electron chi connectivity index (χ3n) is 4.20. The number of carbonyl (C=O) groups is 1. The molecule has 0 aliphatic heterocycles. The van der Waals surface area contributed by atoms with Crippen LogP contribution >= 0.6 is 0 Å². The zero-order valence-electron chi connectivity index (χ0n) is 7.48. The average Bonchev–Trinajstić information content (AvgIpc) is 2.20. The van der Waals surface area contributed by atoms with Crippen LogP contribution in [-0.4, -0.2) is 5.78 Å². The summed E-state index contributed by atoms with van der Waals surface area (Å²) in [7, 11) is 0. The van der Waals surface area contributed by atoms with E-state index in [1.807, 2.05) is 6.42 Å². The number of Topliss-reactive ketones (excluding diaryl/α,β-unsaturated/α-hetero) is 1. The van der Waals surface area contributed by atoms with E-state index in [-0.39, 0.29) is 10.8 Å². The van der Waals surface area contributed by atoms with Crippen LogP contribution in [0.3, 0.4) is 0 Å². The molecule has 0 N–H and O–H groups in total. The van der Waals surface area contributed by atoms with E-state index in [1.54, 1.807) is 0 Å². The van der Waals surface area contributed by atoms with Crippen molar-refractivity contribution in [1.29, 1.82) is 0 Å². The molecule has 0 heterocycles. The molecule has 2 unspecified atom stereocenters. The minimum absolute atomic E-state index is 0.0301. The van der Waals surface area contributed by atoms with Crippen LogP contribution in [0, 0.1) is 23.2 Å². The molecule has 1 nitrogen and oxygen atoms in total. The summed E-state index contributed by atoms with van der Waals surface area (Å²) in [6, 6.07) is 0. The van der Waals surface area contributed by atoms with Gasteiger partial charge in [-0.15, -0.1) is 0 Å². The maximum atomic E-state index is 11.5. The molecule has 11 heavy (non-hydrogen) atoms. The van der Waals surface area contributed by atoms with Crippen LogP contribution in [-0.2, 0) is 4.79 Å². The first-order valence-corrected chi connectivity index (χ1v) is 4.38. The van der Waals surface area contributed by atoms with Gasteiger partial charge in [0.2, 0.25) is 0 Å². The second kappa shape index (κ2) is 1.70. The number of hydrogen-bond donors (Lipinski definition) is 0. The monoisotopic (exact) mass is 151 g/mol. The molecule has 0 saturated heterocycles. The molecule has 2 fully saturated rings. The molecule has 0 amide bonds. The first-order valence-electron chi connectivity index (χ1n) is 4.38. The van der Waals surface area contributed by atoms with Crippen molar-refractivity contribution in [3.05, 3.63) is 6.42 Å². The Morgan fingerprint density at radius 1 is 1.45 bits per heavy atom. The standard InChI is InChI=1S/C10H15O/c1-9(2)7-4-5-10(9,3)8(11)6-7/h6-7H,4-5H2,1-3H3. The molecule has 1 heteroatoms. The van der Waals surface area contributed by atoms with Crippen LogP contribution in [0.2, 0.25) is 0 Å². The zero-order chi connectivity index (χ0) is 8.28. The first kappa shape index (κ1) is 7.33. The maximum absolute atomic E-state index is 11.5. The predicted molar refractivity (Wildman–Crippen MR) is 43.9 cm³/mol. The highest BCUT2D eigenvalue weighted by molar-refractivity contribution is 5.97. The van der Waals surface area contributed by atoms with Gasteiger partial charge in [-0.3, -0.25) is 4.79 Å². The zero-order valence-corrected chi connectivity index (χ0v) is 7.48. The van der Waals surface area contributed by atoms with Crippen LogP contribution in [0.1, 0.15) is 33.6 Å². The van der Waals surface area contributed by atoms with E-state index in [0.717, 1.165) is 6.42 Å². The lowest BCUT2D eigenvalue weighted by Crippen LogP contribution is -2.32. The van der Waals surface area contributed by atoms with Crippen LogP contribution in [0.15, 0.2) is 0 Å². The van der Waals surface area contributed by atoms with Gasteiger partial charge in [-0.25, -0.2) is 0 Å². The summed E-state index contributed by atoms with van der Waals surface area (Å²) >= 11 is 0. The molecule has 0 aromatic carbocycles. The van der Waals surface area contributed by atoms with Crippen molar-refractivity contribution < 1.29 is 4.79 Å². The van der Waals surface area contributed by atoms with E-state index in [2.05, 4.69) is 20.8 Å². The third-order valence-corrected chi connectivity index (χ3v) is 4.20. The van der Waals surface area contributed by atoms with Crippen molar-refractivity contribution in [3.63, 3.8) is 0 Å². The number of fused-ring (bicyclic) bond motifs is 2. The molecule has 2 bridgehead atoms. The first-order chi connectivity index (χ1) is 4.98. The van der Waals surface area contributed by atoms with Crippen LogP contribution < -0.4 is 0 Å². The molecule has 0 aromatic heterocycles. The Balaban J connectivity index is 2.47. The molecule has 2 aliphatic rings. The van der Waals surface area contributed by atoms with Crippen molar-refractivity contribution >= 4 is 5.78 Å². The van der Waals surface area contributed by atoms with Gasteiger partial charge in [0.1, 0.15) is 5.78 Å². The van der Waals surface area contributed by atoms with E-state index in [0.29, 0.717) is 11.7 Å². The lowest BCUT2D eigenvalue weighted by Gasteiger charge is -2.32. The van der Waals surface area contributed by atoms with E-state index < -0.39 is 0 Å². The van der Waals surface area contributed by atoms with E-state index in [4.69, 9.17) is 0 Å². The van der Waals surface area contributed by atoms with Crippen LogP contribution in [0.25, 0.3) is 0 Å². The maximum Gasteiger partial charge on any atom is 0.143 e. The van der Waals surface area contributed by atoms with Gasteiger partial charge in [-0.05, 0) is 24.2 Å². The predicted octanol–water partition coefficient (Wildman–Crippen LogP) is 2.22. The summed E-state index contributed by atoms with van der Waals surface area (Å²) < 4.78 is 0. The molecule has 2 aliphatic carbocycles. The summed E-state index contributed by atoms with van der Waals surface area (Å²) in [5.41, 5.74) is 0.196. The van der Waals surface area contributed by atoms with E-state index in [1.165, 1.54) is 6.42 Å². The summed E-state index contributed by atoms with van der Waals surface area (Å²) in [6.45, 7) is 6.58. The minimum atomic E-state index is -0.0301. The fourth-order valence-corrected chi connectivity index (χ4v) is 2.64. The molecule has 1 radical (unpaired) electrons. The molecule has 2 saturated carbocycles. The fourth-order valence-electron chi connectivity index (χ4n) is 2.64. The Morgan fingerprint density at radius 2 is 2.09 bits per heavy atom. The van der Waals surface area contributed by atoms with Gasteiger partial charge in [0.25, 0.3) is 0 Å². The van der Waals surface area contributed by atoms with Gasteiger partial charge in [0, 0.05) is 11.8 Å². The SMILES string of the molecule is CC12CCC([CH]C1=O)C2(C)C. The molecular weight excluding hydrogens is 136 g/mol. The van der Waals surface area contributed by atoms with Crippen molar-refractivity contribution in [2.24, 2.45) is 16.7 Å². The highest BCUT2D eigenvalue weighted by Gasteiger charge is 2.61. The van der Waals surface area contributed by atoms with Gasteiger partial charge < -0.3 is 0 Å². The van der Waals surface area contributed by atoms with Crippen molar-refractivity contribution in [2.75, 3.05) is 0 Å². The summed E-state index contributed by atoms with van der Waals surface area (Å²) in [6.07, 6.45) is 4.26. The number of rotatable bonds is 0. The van der Waals surface area contributed by atoms with Crippen molar-refractivity contribution in [2.45, 2.75) is 33.6 Å². The van der Waals surface area contributed by atoms with Crippen LogP contribution in [0.5, 0.6) is 0 Å². The Labute approximate surface area is 68.2 Å². The number of hydrogen-bond acceptors (Lipinski definition) is 1. The van der Waals surface area contributed by atoms with Crippen LogP contribution in [0.4, 0.5) is 0 Å². The van der Waals surface area contributed by atoms with Gasteiger partial charge in [0.15, 0.2) is 0 Å². The van der Waals surface area contributed by atoms with Gasteiger partial charge in [-0.1, -0.05) is 20.8 Å². The molecular formula is C10H15O. The fraction of sp³-hybridized carbons (Fsp3) is 0.800. The number of ketones is 1. The Morgan fingerprint density at radius 3 is 2.27 bits per heavy atom. The Kier molecular flexibility index (Phi) is 1.13. The van der Waals surface area contributed by atoms with E-state index in [9.17, 15) is 4.79 Å².